The van der Waals surface area contributed by atoms with Crippen molar-refractivity contribution in [2.75, 3.05) is 5.73 Å². The number of anilines is 1. The number of ether oxygens (including phenoxy) is 1. The van der Waals surface area contributed by atoms with Gasteiger partial charge in [-0.2, -0.15) is 0 Å². The molecule has 2 rings (SSSR count). The maximum atomic E-state index is 13.3. The molecule has 0 amide bonds. The van der Waals surface area contributed by atoms with Gasteiger partial charge in [-0.25, -0.2) is 4.39 Å². The molecule has 1 aromatic carbocycles. The zero-order valence-electron chi connectivity index (χ0n) is 8.28. The number of aromatic nitrogens is 2. The van der Waals surface area contributed by atoms with E-state index < -0.39 is 5.82 Å². The van der Waals surface area contributed by atoms with Gasteiger partial charge in [0, 0.05) is 6.07 Å². The molecule has 4 nitrogen and oxygen atoms in total. The van der Waals surface area contributed by atoms with Crippen molar-refractivity contribution in [3.05, 3.63) is 32.5 Å². The monoisotopic (exact) mass is 337 g/mol. The lowest BCUT2D eigenvalue weighted by atomic mass is 10.3. The highest BCUT2D eigenvalue weighted by Gasteiger charge is 2.09. The first kappa shape index (κ1) is 12.5. The van der Waals surface area contributed by atoms with Gasteiger partial charge >= 0.3 is 0 Å². The van der Waals surface area contributed by atoms with E-state index in [0.29, 0.717) is 15.2 Å². The van der Waals surface area contributed by atoms with Crippen molar-refractivity contribution in [2.45, 2.75) is 6.61 Å². The highest BCUT2D eigenvalue weighted by atomic mass is 79.9. The third kappa shape index (κ3) is 3.05. The van der Waals surface area contributed by atoms with Crippen LogP contribution in [0.25, 0.3) is 0 Å². The second-order valence-corrected chi connectivity index (χ2v) is 5.37. The SMILES string of the molecule is Nc1nnc(COc2cc(F)c(Br)cc2Cl)s1. The van der Waals surface area contributed by atoms with E-state index in [2.05, 4.69) is 26.1 Å². The summed E-state index contributed by atoms with van der Waals surface area (Å²) in [6.45, 7) is 0.148. The molecule has 0 radical (unpaired) electrons. The fourth-order valence-corrected chi connectivity index (χ4v) is 2.30. The van der Waals surface area contributed by atoms with E-state index in [4.69, 9.17) is 22.1 Å². The summed E-state index contributed by atoms with van der Waals surface area (Å²) in [5.74, 6) is -0.192. The molecule has 17 heavy (non-hydrogen) atoms. The second-order valence-electron chi connectivity index (χ2n) is 3.02. The van der Waals surface area contributed by atoms with Crippen LogP contribution >= 0.6 is 38.9 Å². The molecule has 0 atom stereocenters. The van der Waals surface area contributed by atoms with Gasteiger partial charge in [0.05, 0.1) is 9.50 Å². The topological polar surface area (TPSA) is 61.0 Å². The van der Waals surface area contributed by atoms with E-state index in [1.807, 2.05) is 0 Å². The predicted molar refractivity (Wildman–Crippen MR) is 67.8 cm³/mol. The summed E-state index contributed by atoms with van der Waals surface area (Å²) in [5.41, 5.74) is 5.42. The molecule has 0 fully saturated rings. The Morgan fingerprint density at radius 1 is 1.47 bits per heavy atom. The maximum Gasteiger partial charge on any atom is 0.203 e. The highest BCUT2D eigenvalue weighted by Crippen LogP contribution is 2.31. The summed E-state index contributed by atoms with van der Waals surface area (Å²) in [6, 6.07) is 2.64. The lowest BCUT2D eigenvalue weighted by Gasteiger charge is -2.06. The lowest BCUT2D eigenvalue weighted by molar-refractivity contribution is 0.303. The van der Waals surface area contributed by atoms with Crippen LogP contribution in [0, 0.1) is 5.82 Å². The van der Waals surface area contributed by atoms with Crippen LogP contribution < -0.4 is 10.5 Å². The third-order valence-corrected chi connectivity index (χ3v) is 3.44. The summed E-state index contributed by atoms with van der Waals surface area (Å²) in [7, 11) is 0. The molecule has 90 valence electrons. The zero-order valence-corrected chi connectivity index (χ0v) is 11.4. The van der Waals surface area contributed by atoms with Gasteiger partial charge in [-0.3, -0.25) is 0 Å². The number of halogens is 3. The summed E-state index contributed by atoms with van der Waals surface area (Å²) < 4.78 is 18.9. The Kier molecular flexibility index (Phi) is 3.80. The summed E-state index contributed by atoms with van der Waals surface area (Å²) >= 11 is 10.1. The van der Waals surface area contributed by atoms with Crippen molar-refractivity contribution in [3.63, 3.8) is 0 Å². The Bertz CT molecular complexity index is 551. The van der Waals surface area contributed by atoms with Crippen LogP contribution in [0.15, 0.2) is 16.6 Å². The minimum absolute atomic E-state index is 0.148. The first-order valence-electron chi connectivity index (χ1n) is 4.41. The van der Waals surface area contributed by atoms with Crippen molar-refractivity contribution < 1.29 is 9.13 Å². The van der Waals surface area contributed by atoms with E-state index in [9.17, 15) is 4.39 Å². The molecular formula is C9H6BrClFN3OS. The predicted octanol–water partition coefficient (Wildman–Crippen LogP) is 3.25. The first-order valence-corrected chi connectivity index (χ1v) is 6.40. The average Bonchev–Trinajstić information content (AvgIpc) is 2.68. The van der Waals surface area contributed by atoms with Gasteiger partial charge in [-0.15, -0.1) is 10.2 Å². The molecule has 0 aliphatic heterocycles. The Balaban J connectivity index is 2.11. The fraction of sp³-hybridized carbons (Fsp3) is 0.111. The Labute approximate surface area is 114 Å². The standard InChI is InChI=1S/C9H6BrClFN3OS/c10-4-1-5(11)7(2-6(4)12)16-3-8-14-15-9(13)17-8/h1-2H,3H2,(H2,13,15). The molecule has 0 unspecified atom stereocenters. The van der Waals surface area contributed by atoms with Gasteiger partial charge in [0.2, 0.25) is 5.13 Å². The number of nitrogen functional groups attached to an aromatic ring is 1. The lowest BCUT2D eigenvalue weighted by Crippen LogP contribution is -1.96. The van der Waals surface area contributed by atoms with Crippen LogP contribution in [0.4, 0.5) is 9.52 Å². The van der Waals surface area contributed by atoms with Crippen LogP contribution in [0.1, 0.15) is 5.01 Å². The quantitative estimate of drug-likeness (QED) is 0.873. The molecule has 0 aliphatic carbocycles. The Morgan fingerprint density at radius 3 is 2.88 bits per heavy atom. The third-order valence-electron chi connectivity index (χ3n) is 1.81. The molecule has 1 heterocycles. The minimum atomic E-state index is -0.443. The van der Waals surface area contributed by atoms with Gasteiger partial charge in [0.1, 0.15) is 18.2 Å². The van der Waals surface area contributed by atoms with Gasteiger partial charge in [0.15, 0.2) is 5.01 Å². The first-order chi connectivity index (χ1) is 8.06. The van der Waals surface area contributed by atoms with Crippen LogP contribution in [-0.2, 0) is 6.61 Å². The summed E-state index contributed by atoms with van der Waals surface area (Å²) in [4.78, 5) is 0. The van der Waals surface area contributed by atoms with Gasteiger partial charge in [0.25, 0.3) is 0 Å². The Hall–Kier alpha value is -0.920. The molecule has 0 saturated heterocycles. The zero-order chi connectivity index (χ0) is 12.4. The Morgan fingerprint density at radius 2 is 2.24 bits per heavy atom. The van der Waals surface area contributed by atoms with Gasteiger partial charge in [-0.1, -0.05) is 22.9 Å². The molecule has 1 aromatic heterocycles. The van der Waals surface area contributed by atoms with Crippen LogP contribution in [0.5, 0.6) is 5.75 Å². The van der Waals surface area contributed by atoms with Crippen molar-refractivity contribution in [2.24, 2.45) is 0 Å². The number of hydrogen-bond donors (Lipinski definition) is 1. The smallest absolute Gasteiger partial charge is 0.203 e. The maximum absolute atomic E-state index is 13.3. The number of benzene rings is 1. The van der Waals surface area contributed by atoms with E-state index in [1.165, 1.54) is 23.5 Å². The fourth-order valence-electron chi connectivity index (χ4n) is 1.08. The van der Waals surface area contributed by atoms with Crippen LogP contribution in [0.3, 0.4) is 0 Å². The molecule has 0 spiro atoms. The van der Waals surface area contributed by atoms with Crippen molar-refractivity contribution in [1.82, 2.24) is 10.2 Å². The summed E-state index contributed by atoms with van der Waals surface area (Å²) in [6.07, 6.45) is 0. The number of rotatable bonds is 3. The highest BCUT2D eigenvalue weighted by molar-refractivity contribution is 9.10. The normalized spacial score (nSPS) is 10.5. The van der Waals surface area contributed by atoms with E-state index in [0.717, 1.165) is 0 Å². The molecule has 2 N–H and O–H groups in total. The van der Waals surface area contributed by atoms with Crippen molar-refractivity contribution >= 4 is 44.0 Å². The average molecular weight is 339 g/mol. The molecule has 0 aliphatic rings. The molecule has 8 heteroatoms. The number of nitrogens with two attached hydrogens (primary N) is 1. The van der Waals surface area contributed by atoms with Crippen molar-refractivity contribution in [3.8, 4) is 5.75 Å². The van der Waals surface area contributed by atoms with E-state index in [-0.39, 0.29) is 16.8 Å². The molecular weight excluding hydrogens is 333 g/mol. The summed E-state index contributed by atoms with van der Waals surface area (Å²) in [5, 5.41) is 8.68. The van der Waals surface area contributed by atoms with Gasteiger partial charge in [-0.05, 0) is 22.0 Å². The van der Waals surface area contributed by atoms with Crippen LogP contribution in [-0.4, -0.2) is 10.2 Å². The van der Waals surface area contributed by atoms with Gasteiger partial charge < -0.3 is 10.5 Å². The largest absolute Gasteiger partial charge is 0.485 e. The van der Waals surface area contributed by atoms with E-state index >= 15 is 0 Å². The van der Waals surface area contributed by atoms with Crippen molar-refractivity contribution in [1.29, 1.82) is 0 Å². The molecule has 2 aromatic rings. The minimum Gasteiger partial charge on any atom is -0.485 e. The number of nitrogens with zero attached hydrogens (tertiary/aromatic N) is 2. The van der Waals surface area contributed by atoms with E-state index in [1.54, 1.807) is 0 Å². The van der Waals surface area contributed by atoms with Crippen LogP contribution in [0.2, 0.25) is 5.02 Å². The molecule has 0 saturated carbocycles. The molecule has 0 bridgehead atoms. The second kappa shape index (κ2) is 5.16. The number of hydrogen-bond acceptors (Lipinski definition) is 5.